The van der Waals surface area contributed by atoms with Crippen LogP contribution in [0.5, 0.6) is 0 Å². The first-order valence-electron chi connectivity index (χ1n) is 5.17. The highest BCUT2D eigenvalue weighted by atomic mass is 35.5. The lowest BCUT2D eigenvalue weighted by molar-refractivity contribution is 1.48. The Hall–Kier alpha value is -1.73. The molecule has 0 radical (unpaired) electrons. The van der Waals surface area contributed by atoms with Crippen molar-refractivity contribution in [3.63, 3.8) is 0 Å². The molecule has 0 spiro atoms. The van der Waals surface area contributed by atoms with Crippen molar-refractivity contribution in [1.29, 1.82) is 0 Å². The van der Waals surface area contributed by atoms with Gasteiger partial charge in [-0.15, -0.1) is 0 Å². The Bertz CT molecular complexity index is 626. The Labute approximate surface area is 98.7 Å². The summed E-state index contributed by atoms with van der Waals surface area (Å²) in [5.74, 6) is 0. The summed E-state index contributed by atoms with van der Waals surface area (Å²) in [6.45, 7) is 0. The van der Waals surface area contributed by atoms with Crippen LogP contribution < -0.4 is 0 Å². The van der Waals surface area contributed by atoms with Gasteiger partial charge in [-0.1, -0.05) is 48.0 Å². The molecule has 0 bridgehead atoms. The van der Waals surface area contributed by atoms with E-state index in [-0.39, 0.29) is 0 Å². The summed E-state index contributed by atoms with van der Waals surface area (Å²) in [6, 6.07) is 16.3. The lowest BCUT2D eigenvalue weighted by Gasteiger charge is -2.05. The second-order valence-corrected chi connectivity index (χ2v) is 4.11. The normalized spacial score (nSPS) is 10.8. The maximum Gasteiger partial charge on any atom is 0.0578 e. The number of hydrogen-bond donors (Lipinski definition) is 1. The second-order valence-electron chi connectivity index (χ2n) is 3.73. The molecule has 1 N–H and O–H groups in total. The number of aromatic amines is 1. The third-order valence-electron chi connectivity index (χ3n) is 2.75. The fourth-order valence-electron chi connectivity index (χ4n) is 1.94. The summed E-state index contributed by atoms with van der Waals surface area (Å²) < 4.78 is 0. The molecule has 0 unspecified atom stereocenters. The Kier molecular flexibility index (Phi) is 2.19. The largest absolute Gasteiger partial charge is 0.361 e. The number of fused-ring (bicyclic) bond motifs is 1. The van der Waals surface area contributed by atoms with Crippen LogP contribution in [0.15, 0.2) is 54.7 Å². The SMILES string of the molecule is Clc1c(-c2ccccc2)ccc2[nH]ccc12. The molecule has 2 aromatic carbocycles. The van der Waals surface area contributed by atoms with Crippen LogP contribution in [0.4, 0.5) is 0 Å². The van der Waals surface area contributed by atoms with Crippen molar-refractivity contribution in [3.05, 3.63) is 59.8 Å². The van der Waals surface area contributed by atoms with E-state index >= 15 is 0 Å². The van der Waals surface area contributed by atoms with Crippen LogP contribution in [0.1, 0.15) is 0 Å². The zero-order chi connectivity index (χ0) is 11.0. The van der Waals surface area contributed by atoms with Gasteiger partial charge in [0.15, 0.2) is 0 Å². The third-order valence-corrected chi connectivity index (χ3v) is 3.16. The summed E-state index contributed by atoms with van der Waals surface area (Å²) in [4.78, 5) is 3.15. The standard InChI is InChI=1S/C14H10ClN/c15-14-11(10-4-2-1-3-5-10)6-7-13-12(14)8-9-16-13/h1-9,16H. The van der Waals surface area contributed by atoms with Gasteiger partial charge in [-0.2, -0.15) is 0 Å². The summed E-state index contributed by atoms with van der Waals surface area (Å²) >= 11 is 6.40. The zero-order valence-corrected chi connectivity index (χ0v) is 9.33. The van der Waals surface area contributed by atoms with Crippen molar-refractivity contribution in [2.24, 2.45) is 0 Å². The van der Waals surface area contributed by atoms with Crippen molar-refractivity contribution < 1.29 is 0 Å². The molecule has 2 heteroatoms. The Balaban J connectivity index is 2.28. The number of aromatic nitrogens is 1. The molecule has 0 fully saturated rings. The molecule has 3 rings (SSSR count). The van der Waals surface area contributed by atoms with E-state index in [0.29, 0.717) is 0 Å². The molecule has 0 saturated heterocycles. The van der Waals surface area contributed by atoms with Gasteiger partial charge in [-0.3, -0.25) is 0 Å². The predicted octanol–water partition coefficient (Wildman–Crippen LogP) is 4.49. The number of nitrogens with one attached hydrogen (secondary N) is 1. The molecule has 1 heterocycles. The van der Waals surface area contributed by atoms with Gasteiger partial charge >= 0.3 is 0 Å². The lowest BCUT2D eigenvalue weighted by atomic mass is 10.0. The highest BCUT2D eigenvalue weighted by Gasteiger charge is 2.07. The molecule has 3 aromatic rings. The van der Waals surface area contributed by atoms with E-state index in [0.717, 1.165) is 27.1 Å². The number of rotatable bonds is 1. The molecule has 0 aliphatic carbocycles. The first-order chi connectivity index (χ1) is 7.86. The molecule has 78 valence electrons. The molecular formula is C14H10ClN. The summed E-state index contributed by atoms with van der Waals surface area (Å²) in [7, 11) is 0. The summed E-state index contributed by atoms with van der Waals surface area (Å²) in [5.41, 5.74) is 3.30. The van der Waals surface area contributed by atoms with Crippen LogP contribution >= 0.6 is 11.6 Å². The van der Waals surface area contributed by atoms with Gasteiger partial charge in [0.1, 0.15) is 0 Å². The van der Waals surface area contributed by atoms with Crippen LogP contribution in [-0.2, 0) is 0 Å². The highest BCUT2D eigenvalue weighted by molar-refractivity contribution is 6.38. The fourth-order valence-corrected chi connectivity index (χ4v) is 2.27. The lowest BCUT2D eigenvalue weighted by Crippen LogP contribution is -1.79. The number of hydrogen-bond acceptors (Lipinski definition) is 0. The number of H-pyrrole nitrogens is 1. The van der Waals surface area contributed by atoms with Crippen LogP contribution in [0.2, 0.25) is 5.02 Å². The van der Waals surface area contributed by atoms with Gasteiger partial charge in [0.25, 0.3) is 0 Å². The van der Waals surface area contributed by atoms with Gasteiger partial charge in [0.05, 0.1) is 5.02 Å². The van der Waals surface area contributed by atoms with Crippen molar-refractivity contribution in [1.82, 2.24) is 4.98 Å². The van der Waals surface area contributed by atoms with Crippen molar-refractivity contribution in [3.8, 4) is 11.1 Å². The summed E-state index contributed by atoms with van der Waals surface area (Å²) in [6.07, 6.45) is 1.91. The monoisotopic (exact) mass is 227 g/mol. The molecule has 0 saturated carbocycles. The number of benzene rings is 2. The Morgan fingerprint density at radius 3 is 2.50 bits per heavy atom. The molecule has 0 aliphatic rings. The van der Waals surface area contributed by atoms with Gasteiger partial charge < -0.3 is 4.98 Å². The van der Waals surface area contributed by atoms with Gasteiger partial charge in [-0.25, -0.2) is 0 Å². The second kappa shape index (κ2) is 3.69. The molecule has 16 heavy (non-hydrogen) atoms. The first-order valence-corrected chi connectivity index (χ1v) is 5.55. The van der Waals surface area contributed by atoms with E-state index in [2.05, 4.69) is 29.2 Å². The average Bonchev–Trinajstić information content (AvgIpc) is 2.80. The highest BCUT2D eigenvalue weighted by Crippen LogP contribution is 2.33. The number of halogens is 1. The Morgan fingerprint density at radius 2 is 1.69 bits per heavy atom. The topological polar surface area (TPSA) is 15.8 Å². The Morgan fingerprint density at radius 1 is 0.875 bits per heavy atom. The smallest absolute Gasteiger partial charge is 0.0578 e. The van der Waals surface area contributed by atoms with Crippen molar-refractivity contribution in [2.45, 2.75) is 0 Å². The minimum Gasteiger partial charge on any atom is -0.361 e. The first kappa shape index (κ1) is 9.49. The van der Waals surface area contributed by atoms with Crippen LogP contribution in [0.3, 0.4) is 0 Å². The van der Waals surface area contributed by atoms with E-state index in [1.54, 1.807) is 0 Å². The van der Waals surface area contributed by atoms with E-state index in [4.69, 9.17) is 11.6 Å². The van der Waals surface area contributed by atoms with Crippen LogP contribution in [-0.4, -0.2) is 4.98 Å². The van der Waals surface area contributed by atoms with E-state index in [9.17, 15) is 0 Å². The van der Waals surface area contributed by atoms with Gasteiger partial charge in [-0.05, 0) is 17.7 Å². The van der Waals surface area contributed by atoms with E-state index < -0.39 is 0 Å². The molecule has 1 aromatic heterocycles. The third kappa shape index (κ3) is 1.41. The molecule has 1 nitrogen and oxygen atoms in total. The van der Waals surface area contributed by atoms with Crippen molar-refractivity contribution >= 4 is 22.5 Å². The van der Waals surface area contributed by atoms with E-state index in [1.807, 2.05) is 30.5 Å². The maximum atomic E-state index is 6.40. The zero-order valence-electron chi connectivity index (χ0n) is 8.57. The van der Waals surface area contributed by atoms with Gasteiger partial charge in [0.2, 0.25) is 0 Å². The molecule has 0 atom stereocenters. The quantitative estimate of drug-likeness (QED) is 0.631. The summed E-state index contributed by atoms with van der Waals surface area (Å²) in [5, 5.41) is 1.88. The molecular weight excluding hydrogens is 218 g/mol. The van der Waals surface area contributed by atoms with Crippen LogP contribution in [0.25, 0.3) is 22.0 Å². The minimum atomic E-state index is 0.810. The maximum absolute atomic E-state index is 6.40. The van der Waals surface area contributed by atoms with Crippen LogP contribution in [0, 0.1) is 0 Å². The fraction of sp³-hybridized carbons (Fsp3) is 0. The minimum absolute atomic E-state index is 0.810. The average molecular weight is 228 g/mol. The van der Waals surface area contributed by atoms with Gasteiger partial charge in [0, 0.05) is 22.7 Å². The molecule has 0 amide bonds. The predicted molar refractivity (Wildman–Crippen MR) is 68.7 cm³/mol. The van der Waals surface area contributed by atoms with E-state index in [1.165, 1.54) is 0 Å². The molecule has 0 aliphatic heterocycles. The van der Waals surface area contributed by atoms with Crippen molar-refractivity contribution in [2.75, 3.05) is 0 Å².